The van der Waals surface area contributed by atoms with Gasteiger partial charge in [0.15, 0.2) is 0 Å². The summed E-state index contributed by atoms with van der Waals surface area (Å²) in [5.41, 5.74) is 6.77. The van der Waals surface area contributed by atoms with Crippen molar-refractivity contribution in [2.75, 3.05) is 20.1 Å². The van der Waals surface area contributed by atoms with Crippen LogP contribution in [-0.2, 0) is 4.79 Å². The molecule has 1 rings (SSSR count). The van der Waals surface area contributed by atoms with Crippen LogP contribution in [0.3, 0.4) is 0 Å². The van der Waals surface area contributed by atoms with Gasteiger partial charge in [0, 0.05) is 12.6 Å². The predicted octanol–water partition coefficient (Wildman–Crippen LogP) is 1.92. The zero-order valence-corrected chi connectivity index (χ0v) is 12.8. The molecule has 0 bridgehead atoms. The molecule has 0 aromatic heterocycles. The van der Waals surface area contributed by atoms with Gasteiger partial charge in [0.1, 0.15) is 6.04 Å². The van der Waals surface area contributed by atoms with Gasteiger partial charge < -0.3 is 16.0 Å². The average molecular weight is 277 g/mol. The van der Waals surface area contributed by atoms with Crippen molar-refractivity contribution in [2.24, 2.45) is 5.73 Å². The number of hydrogen-bond acceptors (Lipinski definition) is 3. The normalized spacial score (nSPS) is 12.7. The van der Waals surface area contributed by atoms with Gasteiger partial charge in [-0.3, -0.25) is 4.79 Å². The Labute approximate surface area is 122 Å². The van der Waals surface area contributed by atoms with Gasteiger partial charge in [0.25, 0.3) is 0 Å². The number of nitrogens with two attached hydrogens (primary N) is 1. The second-order valence-corrected chi connectivity index (χ2v) is 5.46. The maximum Gasteiger partial charge on any atom is 0.241 e. The summed E-state index contributed by atoms with van der Waals surface area (Å²) in [5, 5.41) is 2.90. The molecule has 0 saturated carbocycles. The van der Waals surface area contributed by atoms with Gasteiger partial charge in [-0.2, -0.15) is 0 Å². The first kappa shape index (κ1) is 16.7. The molecule has 1 amide bonds. The maximum absolute atomic E-state index is 11.9. The van der Waals surface area contributed by atoms with E-state index in [1.54, 1.807) is 0 Å². The highest BCUT2D eigenvalue weighted by Crippen LogP contribution is 2.09. The number of carbonyl (C=O) groups excluding carboxylic acids is 1. The Balaban J connectivity index is 2.20. The summed E-state index contributed by atoms with van der Waals surface area (Å²) in [7, 11) is 2.12. The SMILES string of the molecule is CC(C)N(C)CCCCNC(=O)C(N)c1ccccc1. The van der Waals surface area contributed by atoms with E-state index in [0.29, 0.717) is 12.6 Å². The summed E-state index contributed by atoms with van der Waals surface area (Å²) in [6.07, 6.45) is 2.06. The number of hydrogen-bond donors (Lipinski definition) is 2. The Morgan fingerprint density at radius 2 is 1.90 bits per heavy atom. The van der Waals surface area contributed by atoms with Crippen LogP contribution in [0.4, 0.5) is 0 Å². The van der Waals surface area contributed by atoms with Gasteiger partial charge in [-0.05, 0) is 45.8 Å². The van der Waals surface area contributed by atoms with E-state index in [1.807, 2.05) is 30.3 Å². The Morgan fingerprint density at radius 1 is 1.25 bits per heavy atom. The fourth-order valence-electron chi connectivity index (χ4n) is 1.88. The van der Waals surface area contributed by atoms with Crippen molar-refractivity contribution >= 4 is 5.91 Å². The summed E-state index contributed by atoms with van der Waals surface area (Å²) >= 11 is 0. The van der Waals surface area contributed by atoms with Crippen LogP contribution in [0.15, 0.2) is 30.3 Å². The van der Waals surface area contributed by atoms with E-state index in [0.717, 1.165) is 24.9 Å². The minimum atomic E-state index is -0.575. The van der Waals surface area contributed by atoms with Crippen LogP contribution in [0.5, 0.6) is 0 Å². The third kappa shape index (κ3) is 5.72. The molecule has 0 radical (unpaired) electrons. The largest absolute Gasteiger partial charge is 0.354 e. The third-order valence-electron chi connectivity index (χ3n) is 3.56. The highest BCUT2D eigenvalue weighted by molar-refractivity contribution is 5.82. The molecule has 0 fully saturated rings. The Morgan fingerprint density at radius 3 is 2.50 bits per heavy atom. The molecule has 0 aliphatic heterocycles. The van der Waals surface area contributed by atoms with E-state index < -0.39 is 6.04 Å². The van der Waals surface area contributed by atoms with E-state index >= 15 is 0 Å². The monoisotopic (exact) mass is 277 g/mol. The summed E-state index contributed by atoms with van der Waals surface area (Å²) < 4.78 is 0. The van der Waals surface area contributed by atoms with E-state index in [9.17, 15) is 4.79 Å². The molecule has 4 heteroatoms. The maximum atomic E-state index is 11.9. The van der Waals surface area contributed by atoms with Crippen molar-refractivity contribution in [1.29, 1.82) is 0 Å². The van der Waals surface area contributed by atoms with Crippen molar-refractivity contribution in [1.82, 2.24) is 10.2 Å². The zero-order valence-electron chi connectivity index (χ0n) is 12.8. The lowest BCUT2D eigenvalue weighted by molar-refractivity contribution is -0.122. The molecule has 112 valence electrons. The standard InChI is InChI=1S/C16H27N3O/c1-13(2)19(3)12-8-7-11-18-16(20)15(17)14-9-5-4-6-10-14/h4-6,9-10,13,15H,7-8,11-12,17H2,1-3H3,(H,18,20). The van der Waals surface area contributed by atoms with Gasteiger partial charge in [-0.1, -0.05) is 30.3 Å². The van der Waals surface area contributed by atoms with Crippen molar-refractivity contribution in [3.05, 3.63) is 35.9 Å². The lowest BCUT2D eigenvalue weighted by Crippen LogP contribution is -2.35. The van der Waals surface area contributed by atoms with Crippen molar-refractivity contribution < 1.29 is 4.79 Å². The molecule has 0 heterocycles. The molecule has 4 nitrogen and oxygen atoms in total. The van der Waals surface area contributed by atoms with Crippen LogP contribution in [-0.4, -0.2) is 37.0 Å². The zero-order chi connectivity index (χ0) is 15.0. The fourth-order valence-corrected chi connectivity index (χ4v) is 1.88. The molecule has 3 N–H and O–H groups in total. The van der Waals surface area contributed by atoms with E-state index in [4.69, 9.17) is 5.73 Å². The smallest absolute Gasteiger partial charge is 0.241 e. The molecular formula is C16H27N3O. The molecule has 0 aliphatic rings. The number of nitrogens with one attached hydrogen (secondary N) is 1. The lowest BCUT2D eigenvalue weighted by Gasteiger charge is -2.20. The first-order valence-corrected chi connectivity index (χ1v) is 7.31. The highest BCUT2D eigenvalue weighted by atomic mass is 16.2. The molecule has 20 heavy (non-hydrogen) atoms. The quantitative estimate of drug-likeness (QED) is 0.714. The van der Waals surface area contributed by atoms with Gasteiger partial charge >= 0.3 is 0 Å². The predicted molar refractivity (Wildman–Crippen MR) is 83.4 cm³/mol. The molecule has 0 saturated heterocycles. The number of carbonyl (C=O) groups is 1. The average Bonchev–Trinajstić information content (AvgIpc) is 2.46. The van der Waals surface area contributed by atoms with Crippen molar-refractivity contribution in [2.45, 2.75) is 38.8 Å². The van der Waals surface area contributed by atoms with E-state index in [-0.39, 0.29) is 5.91 Å². The van der Waals surface area contributed by atoms with Gasteiger partial charge in [-0.15, -0.1) is 0 Å². The molecule has 0 spiro atoms. The fraction of sp³-hybridized carbons (Fsp3) is 0.562. The number of unbranched alkanes of at least 4 members (excludes halogenated alkanes) is 1. The number of amides is 1. The topological polar surface area (TPSA) is 58.4 Å². The summed E-state index contributed by atoms with van der Waals surface area (Å²) in [6, 6.07) is 9.45. The molecule has 1 aromatic carbocycles. The van der Waals surface area contributed by atoms with Crippen LogP contribution < -0.4 is 11.1 Å². The summed E-state index contributed by atoms with van der Waals surface area (Å²) in [5.74, 6) is -0.103. The second-order valence-electron chi connectivity index (χ2n) is 5.46. The third-order valence-corrected chi connectivity index (χ3v) is 3.56. The van der Waals surface area contributed by atoms with Crippen LogP contribution in [0.25, 0.3) is 0 Å². The van der Waals surface area contributed by atoms with Crippen LogP contribution in [0.1, 0.15) is 38.3 Å². The summed E-state index contributed by atoms with van der Waals surface area (Å²) in [4.78, 5) is 14.2. The van der Waals surface area contributed by atoms with Gasteiger partial charge in [0.05, 0.1) is 0 Å². The first-order valence-electron chi connectivity index (χ1n) is 7.31. The van der Waals surface area contributed by atoms with Crippen LogP contribution in [0.2, 0.25) is 0 Å². The Bertz CT molecular complexity index is 392. The van der Waals surface area contributed by atoms with Crippen molar-refractivity contribution in [3.8, 4) is 0 Å². The Hall–Kier alpha value is -1.39. The lowest BCUT2D eigenvalue weighted by atomic mass is 10.1. The van der Waals surface area contributed by atoms with E-state index in [1.165, 1.54) is 0 Å². The first-order chi connectivity index (χ1) is 9.52. The highest BCUT2D eigenvalue weighted by Gasteiger charge is 2.14. The molecule has 0 aliphatic carbocycles. The van der Waals surface area contributed by atoms with E-state index in [2.05, 4.69) is 31.1 Å². The van der Waals surface area contributed by atoms with Gasteiger partial charge in [0.2, 0.25) is 5.91 Å². The van der Waals surface area contributed by atoms with Crippen molar-refractivity contribution in [3.63, 3.8) is 0 Å². The Kier molecular flexibility index (Phi) is 7.26. The molecule has 1 unspecified atom stereocenters. The minimum Gasteiger partial charge on any atom is -0.354 e. The molecular weight excluding hydrogens is 250 g/mol. The second kappa shape index (κ2) is 8.72. The van der Waals surface area contributed by atoms with Crippen LogP contribution in [0, 0.1) is 0 Å². The minimum absolute atomic E-state index is 0.103. The van der Waals surface area contributed by atoms with Gasteiger partial charge in [-0.25, -0.2) is 0 Å². The summed E-state index contributed by atoms with van der Waals surface area (Å²) in [6.45, 7) is 6.10. The molecule has 1 aromatic rings. The number of rotatable bonds is 8. The van der Waals surface area contributed by atoms with Crippen LogP contribution >= 0.6 is 0 Å². The number of benzene rings is 1. The molecule has 1 atom stereocenters. The number of nitrogens with zero attached hydrogens (tertiary/aromatic N) is 1.